The molecule has 2 N–H and O–H groups in total. The van der Waals surface area contributed by atoms with Gasteiger partial charge in [-0.2, -0.15) is 0 Å². The molecule has 1 aromatic rings. The summed E-state index contributed by atoms with van der Waals surface area (Å²) in [4.78, 5) is 2.28. The number of aryl methyl sites for hydroxylation is 1. The fourth-order valence-electron chi connectivity index (χ4n) is 2.46. The molecular formula is C15H26N2. The first-order chi connectivity index (χ1) is 7.97. The van der Waals surface area contributed by atoms with Gasteiger partial charge in [0, 0.05) is 6.04 Å². The van der Waals surface area contributed by atoms with Crippen LogP contribution in [0, 0.1) is 18.8 Å². The highest BCUT2D eigenvalue weighted by Crippen LogP contribution is 2.31. The molecule has 0 heterocycles. The van der Waals surface area contributed by atoms with Gasteiger partial charge in [0.05, 0.1) is 0 Å². The summed E-state index contributed by atoms with van der Waals surface area (Å²) in [6.07, 6.45) is 0. The van der Waals surface area contributed by atoms with Crippen LogP contribution in [0.3, 0.4) is 0 Å². The molecular weight excluding hydrogens is 208 g/mol. The zero-order valence-electron chi connectivity index (χ0n) is 11.8. The van der Waals surface area contributed by atoms with Crippen molar-refractivity contribution in [1.82, 2.24) is 4.90 Å². The highest BCUT2D eigenvalue weighted by Gasteiger charge is 2.26. The highest BCUT2D eigenvalue weighted by molar-refractivity contribution is 5.25. The van der Waals surface area contributed by atoms with E-state index in [1.807, 2.05) is 0 Å². The minimum absolute atomic E-state index is 0.403. The molecule has 0 aromatic heterocycles. The SMILES string of the molecule is Cc1ccc(C(C(CN)C(C)C)N(C)C)cc1. The largest absolute Gasteiger partial charge is 0.330 e. The Balaban J connectivity index is 3.03. The lowest BCUT2D eigenvalue weighted by Crippen LogP contribution is -2.35. The highest BCUT2D eigenvalue weighted by atomic mass is 15.1. The van der Waals surface area contributed by atoms with E-state index in [1.54, 1.807) is 0 Å². The summed E-state index contributed by atoms with van der Waals surface area (Å²) in [7, 11) is 4.27. The van der Waals surface area contributed by atoms with Crippen molar-refractivity contribution in [3.8, 4) is 0 Å². The second kappa shape index (κ2) is 6.18. The predicted octanol–water partition coefficient (Wildman–Crippen LogP) is 2.83. The zero-order valence-corrected chi connectivity index (χ0v) is 11.8. The first-order valence-electron chi connectivity index (χ1n) is 6.40. The van der Waals surface area contributed by atoms with Crippen LogP contribution in [0.2, 0.25) is 0 Å². The van der Waals surface area contributed by atoms with E-state index in [2.05, 4.69) is 64.0 Å². The molecule has 2 unspecified atom stereocenters. The van der Waals surface area contributed by atoms with Gasteiger partial charge in [-0.05, 0) is 45.0 Å². The Hall–Kier alpha value is -0.860. The maximum absolute atomic E-state index is 5.95. The third-order valence-corrected chi connectivity index (χ3v) is 3.51. The van der Waals surface area contributed by atoms with Gasteiger partial charge in [0.25, 0.3) is 0 Å². The summed E-state index contributed by atoms with van der Waals surface area (Å²) in [5.74, 6) is 1.08. The van der Waals surface area contributed by atoms with Gasteiger partial charge in [-0.15, -0.1) is 0 Å². The Kier molecular flexibility index (Phi) is 5.16. The Morgan fingerprint density at radius 2 is 1.65 bits per heavy atom. The molecule has 2 atom stereocenters. The fraction of sp³-hybridized carbons (Fsp3) is 0.600. The van der Waals surface area contributed by atoms with E-state index in [0.717, 1.165) is 6.54 Å². The average molecular weight is 234 g/mol. The molecule has 0 radical (unpaired) electrons. The second-order valence-corrected chi connectivity index (χ2v) is 5.46. The van der Waals surface area contributed by atoms with Crippen LogP contribution in [0.4, 0.5) is 0 Å². The molecule has 0 aliphatic heterocycles. The van der Waals surface area contributed by atoms with Crippen molar-refractivity contribution in [2.75, 3.05) is 20.6 Å². The summed E-state index contributed by atoms with van der Waals surface area (Å²) in [6.45, 7) is 7.36. The molecule has 0 aliphatic rings. The van der Waals surface area contributed by atoms with Crippen molar-refractivity contribution in [1.29, 1.82) is 0 Å². The smallest absolute Gasteiger partial charge is 0.0384 e. The second-order valence-electron chi connectivity index (χ2n) is 5.46. The molecule has 1 aromatic carbocycles. The van der Waals surface area contributed by atoms with Gasteiger partial charge in [0.15, 0.2) is 0 Å². The van der Waals surface area contributed by atoms with Crippen molar-refractivity contribution in [3.63, 3.8) is 0 Å². The van der Waals surface area contributed by atoms with Crippen LogP contribution < -0.4 is 5.73 Å². The van der Waals surface area contributed by atoms with Gasteiger partial charge in [-0.1, -0.05) is 43.7 Å². The van der Waals surface area contributed by atoms with Gasteiger partial charge in [-0.25, -0.2) is 0 Å². The van der Waals surface area contributed by atoms with Crippen LogP contribution >= 0.6 is 0 Å². The monoisotopic (exact) mass is 234 g/mol. The molecule has 0 bridgehead atoms. The molecule has 0 spiro atoms. The minimum Gasteiger partial charge on any atom is -0.330 e. The van der Waals surface area contributed by atoms with E-state index in [0.29, 0.717) is 17.9 Å². The molecule has 96 valence electrons. The van der Waals surface area contributed by atoms with Crippen molar-refractivity contribution < 1.29 is 0 Å². The van der Waals surface area contributed by atoms with Crippen molar-refractivity contribution in [3.05, 3.63) is 35.4 Å². The van der Waals surface area contributed by atoms with E-state index in [-0.39, 0.29) is 0 Å². The molecule has 0 amide bonds. The van der Waals surface area contributed by atoms with Gasteiger partial charge < -0.3 is 10.6 Å². The number of hydrogen-bond donors (Lipinski definition) is 1. The molecule has 17 heavy (non-hydrogen) atoms. The van der Waals surface area contributed by atoms with E-state index in [9.17, 15) is 0 Å². The summed E-state index contributed by atoms with van der Waals surface area (Å²) < 4.78 is 0. The van der Waals surface area contributed by atoms with E-state index >= 15 is 0 Å². The van der Waals surface area contributed by atoms with Crippen molar-refractivity contribution in [2.24, 2.45) is 17.6 Å². The van der Waals surface area contributed by atoms with Crippen molar-refractivity contribution in [2.45, 2.75) is 26.8 Å². The number of nitrogens with zero attached hydrogens (tertiary/aromatic N) is 1. The summed E-state index contributed by atoms with van der Waals surface area (Å²) in [6, 6.07) is 9.22. The van der Waals surface area contributed by atoms with Crippen LogP contribution in [-0.2, 0) is 0 Å². The first kappa shape index (κ1) is 14.2. The molecule has 1 rings (SSSR count). The first-order valence-corrected chi connectivity index (χ1v) is 6.40. The lowest BCUT2D eigenvalue weighted by atomic mass is 9.83. The third-order valence-electron chi connectivity index (χ3n) is 3.51. The Bertz CT molecular complexity index is 327. The minimum atomic E-state index is 0.403. The predicted molar refractivity (Wildman–Crippen MR) is 75.0 cm³/mol. The van der Waals surface area contributed by atoms with E-state index in [1.165, 1.54) is 11.1 Å². The molecule has 0 saturated heterocycles. The summed E-state index contributed by atoms with van der Waals surface area (Å²) >= 11 is 0. The Morgan fingerprint density at radius 1 is 1.12 bits per heavy atom. The number of hydrogen-bond acceptors (Lipinski definition) is 2. The van der Waals surface area contributed by atoms with Crippen LogP contribution in [0.15, 0.2) is 24.3 Å². The lowest BCUT2D eigenvalue weighted by molar-refractivity contribution is 0.175. The van der Waals surface area contributed by atoms with Crippen LogP contribution in [0.25, 0.3) is 0 Å². The number of nitrogens with two attached hydrogens (primary N) is 1. The molecule has 0 fully saturated rings. The van der Waals surface area contributed by atoms with Gasteiger partial charge >= 0.3 is 0 Å². The fourth-order valence-corrected chi connectivity index (χ4v) is 2.46. The average Bonchev–Trinajstić information content (AvgIpc) is 2.26. The van der Waals surface area contributed by atoms with Crippen molar-refractivity contribution >= 4 is 0 Å². The zero-order chi connectivity index (χ0) is 13.0. The quantitative estimate of drug-likeness (QED) is 0.849. The molecule has 0 aliphatic carbocycles. The molecule has 0 saturated carbocycles. The van der Waals surface area contributed by atoms with Gasteiger partial charge in [0.2, 0.25) is 0 Å². The Labute approximate surface area is 106 Å². The van der Waals surface area contributed by atoms with Crippen LogP contribution in [0.5, 0.6) is 0 Å². The summed E-state index contributed by atoms with van der Waals surface area (Å²) in [5, 5.41) is 0. The number of benzene rings is 1. The van der Waals surface area contributed by atoms with Crippen LogP contribution in [-0.4, -0.2) is 25.5 Å². The maximum Gasteiger partial charge on any atom is 0.0384 e. The maximum atomic E-state index is 5.95. The van der Waals surface area contributed by atoms with E-state index < -0.39 is 0 Å². The van der Waals surface area contributed by atoms with Crippen LogP contribution in [0.1, 0.15) is 31.0 Å². The van der Waals surface area contributed by atoms with Gasteiger partial charge in [-0.3, -0.25) is 0 Å². The number of rotatable bonds is 5. The summed E-state index contributed by atoms with van der Waals surface area (Å²) in [5.41, 5.74) is 8.62. The topological polar surface area (TPSA) is 29.3 Å². The van der Waals surface area contributed by atoms with E-state index in [4.69, 9.17) is 5.73 Å². The van der Waals surface area contributed by atoms with Gasteiger partial charge in [0.1, 0.15) is 0 Å². The molecule has 2 nitrogen and oxygen atoms in total. The third kappa shape index (κ3) is 3.55. The molecule has 2 heteroatoms. The normalized spacial score (nSPS) is 15.3. The lowest BCUT2D eigenvalue weighted by Gasteiger charge is -2.34. The standard InChI is InChI=1S/C15H26N2/c1-11(2)14(10-16)15(17(4)5)13-8-6-12(3)7-9-13/h6-9,11,14-15H,10,16H2,1-5H3. The Morgan fingerprint density at radius 3 is 2.00 bits per heavy atom.